The van der Waals surface area contributed by atoms with Crippen molar-refractivity contribution in [3.63, 3.8) is 0 Å². The van der Waals surface area contributed by atoms with Crippen LogP contribution in [0.2, 0.25) is 5.02 Å². The first-order valence-electron chi connectivity index (χ1n) is 11.1. The molecule has 1 aromatic heterocycles. The quantitative estimate of drug-likeness (QED) is 0.300. The van der Waals surface area contributed by atoms with Gasteiger partial charge >= 0.3 is 5.97 Å². The lowest BCUT2D eigenvalue weighted by molar-refractivity contribution is -0.148. The van der Waals surface area contributed by atoms with Crippen LogP contribution in [0.15, 0.2) is 77.6 Å². The van der Waals surface area contributed by atoms with Gasteiger partial charge in [0.2, 0.25) is 5.91 Å². The van der Waals surface area contributed by atoms with Crippen LogP contribution in [-0.4, -0.2) is 22.5 Å². The molecular weight excluding hydrogens is 452 g/mol. The number of hydrogen-bond donors (Lipinski definition) is 1. The van der Waals surface area contributed by atoms with Gasteiger partial charge in [0, 0.05) is 15.8 Å². The molecule has 174 valence electrons. The fourth-order valence-corrected chi connectivity index (χ4v) is 4.37. The number of esters is 1. The Morgan fingerprint density at radius 3 is 2.06 bits per heavy atom. The van der Waals surface area contributed by atoms with E-state index >= 15 is 0 Å². The van der Waals surface area contributed by atoms with Crippen LogP contribution in [0.1, 0.15) is 31.9 Å². The summed E-state index contributed by atoms with van der Waals surface area (Å²) in [5.74, 6) is -0.749. The summed E-state index contributed by atoms with van der Waals surface area (Å²) in [6, 6.07) is 20.8. The molecule has 0 radical (unpaired) electrons. The molecule has 34 heavy (non-hydrogen) atoms. The lowest BCUT2D eigenvalue weighted by atomic mass is 10.0. The highest BCUT2D eigenvalue weighted by atomic mass is 35.5. The average molecular weight is 477 g/mol. The topological polar surface area (TPSA) is 77.4 Å². The first-order chi connectivity index (χ1) is 16.3. The molecule has 0 spiro atoms. The molecule has 3 aromatic carbocycles. The van der Waals surface area contributed by atoms with E-state index in [2.05, 4.69) is 5.32 Å². The maximum absolute atomic E-state index is 13.3. The summed E-state index contributed by atoms with van der Waals surface area (Å²) in [7, 11) is 0. The van der Waals surface area contributed by atoms with Crippen LogP contribution < -0.4 is 10.7 Å². The summed E-state index contributed by atoms with van der Waals surface area (Å²) in [5, 5.41) is 4.47. The number of benzene rings is 3. The van der Waals surface area contributed by atoms with E-state index < -0.39 is 12.0 Å². The SMILES string of the molecule is CC(C)OC(=O)CC(NC(=O)Cn1c2ccccc2c(=O)c2ccccc21)c1ccccc1Cl. The lowest BCUT2D eigenvalue weighted by Crippen LogP contribution is -2.34. The largest absolute Gasteiger partial charge is 0.463 e. The fraction of sp³-hybridized carbons (Fsp3) is 0.222. The monoisotopic (exact) mass is 476 g/mol. The lowest BCUT2D eigenvalue weighted by Gasteiger charge is -2.22. The molecule has 0 aliphatic carbocycles. The van der Waals surface area contributed by atoms with Crippen LogP contribution in [-0.2, 0) is 20.9 Å². The van der Waals surface area contributed by atoms with E-state index in [1.807, 2.05) is 28.8 Å². The number of halogens is 1. The Hall–Kier alpha value is -3.64. The van der Waals surface area contributed by atoms with E-state index in [-0.39, 0.29) is 30.4 Å². The summed E-state index contributed by atoms with van der Waals surface area (Å²) in [4.78, 5) is 38.7. The highest BCUT2D eigenvalue weighted by Gasteiger charge is 2.23. The third-order valence-electron chi connectivity index (χ3n) is 5.53. The van der Waals surface area contributed by atoms with Crippen molar-refractivity contribution < 1.29 is 14.3 Å². The molecule has 1 amide bonds. The Bertz CT molecular complexity index is 1370. The van der Waals surface area contributed by atoms with Gasteiger partial charge < -0.3 is 14.6 Å². The number of amides is 1. The normalized spacial score (nSPS) is 12.1. The summed E-state index contributed by atoms with van der Waals surface area (Å²) in [6.45, 7) is 3.50. The fourth-order valence-electron chi connectivity index (χ4n) is 4.10. The predicted molar refractivity (Wildman–Crippen MR) is 134 cm³/mol. The van der Waals surface area contributed by atoms with Crippen molar-refractivity contribution >= 4 is 45.3 Å². The first-order valence-corrected chi connectivity index (χ1v) is 11.5. The molecular formula is C27H25ClN2O4. The molecule has 0 fully saturated rings. The number of pyridine rings is 1. The molecule has 6 nitrogen and oxygen atoms in total. The van der Waals surface area contributed by atoms with Crippen molar-refractivity contribution in [1.82, 2.24) is 9.88 Å². The second kappa shape index (κ2) is 10.1. The minimum absolute atomic E-state index is 0.0402. The molecule has 0 bridgehead atoms. The Kier molecular flexibility index (Phi) is 6.98. The zero-order valence-electron chi connectivity index (χ0n) is 19.0. The molecule has 4 rings (SSSR count). The van der Waals surface area contributed by atoms with Gasteiger partial charge in [-0.25, -0.2) is 0 Å². The molecule has 0 saturated carbocycles. The van der Waals surface area contributed by atoms with Gasteiger partial charge in [-0.15, -0.1) is 0 Å². The zero-order chi connectivity index (χ0) is 24.2. The Balaban J connectivity index is 1.69. The molecule has 1 heterocycles. The second-order valence-electron chi connectivity index (χ2n) is 8.33. The smallest absolute Gasteiger partial charge is 0.308 e. The van der Waals surface area contributed by atoms with Gasteiger partial charge in [0.05, 0.1) is 29.6 Å². The number of rotatable bonds is 7. The number of nitrogens with one attached hydrogen (secondary N) is 1. The van der Waals surface area contributed by atoms with E-state index in [0.717, 1.165) is 0 Å². The highest BCUT2D eigenvalue weighted by molar-refractivity contribution is 6.31. The number of ether oxygens (including phenoxy) is 1. The molecule has 0 aliphatic rings. The van der Waals surface area contributed by atoms with Crippen molar-refractivity contribution in [2.75, 3.05) is 0 Å². The van der Waals surface area contributed by atoms with Crippen molar-refractivity contribution in [1.29, 1.82) is 0 Å². The number of hydrogen-bond acceptors (Lipinski definition) is 4. The summed E-state index contributed by atoms with van der Waals surface area (Å²) < 4.78 is 7.11. The van der Waals surface area contributed by atoms with Gasteiger partial charge in [0.25, 0.3) is 0 Å². The van der Waals surface area contributed by atoms with Crippen molar-refractivity contribution in [2.45, 2.75) is 39.0 Å². The summed E-state index contributed by atoms with van der Waals surface area (Å²) in [6.07, 6.45) is -0.326. The molecule has 0 saturated heterocycles. The molecule has 1 atom stereocenters. The molecule has 1 N–H and O–H groups in total. The zero-order valence-corrected chi connectivity index (χ0v) is 19.7. The maximum atomic E-state index is 13.3. The molecule has 0 aliphatic heterocycles. The summed E-state index contributed by atoms with van der Waals surface area (Å²) in [5.41, 5.74) is 1.88. The predicted octanol–water partition coefficient (Wildman–Crippen LogP) is 5.01. The second-order valence-corrected chi connectivity index (χ2v) is 8.74. The van der Waals surface area contributed by atoms with Crippen LogP contribution in [0.25, 0.3) is 21.8 Å². The van der Waals surface area contributed by atoms with E-state index in [0.29, 0.717) is 32.4 Å². The Morgan fingerprint density at radius 2 is 1.47 bits per heavy atom. The number of carbonyl (C=O) groups is 2. The van der Waals surface area contributed by atoms with E-state index in [4.69, 9.17) is 16.3 Å². The van der Waals surface area contributed by atoms with Crippen molar-refractivity contribution in [3.8, 4) is 0 Å². The third kappa shape index (κ3) is 4.97. The van der Waals surface area contributed by atoms with Crippen molar-refractivity contribution in [3.05, 3.63) is 93.6 Å². The first kappa shape index (κ1) is 23.5. The minimum atomic E-state index is -0.663. The van der Waals surface area contributed by atoms with Crippen LogP contribution in [0.5, 0.6) is 0 Å². The average Bonchev–Trinajstić information content (AvgIpc) is 2.81. The van der Waals surface area contributed by atoms with Gasteiger partial charge in [-0.3, -0.25) is 14.4 Å². The molecule has 7 heteroatoms. The number of aromatic nitrogens is 1. The van der Waals surface area contributed by atoms with Gasteiger partial charge in [-0.1, -0.05) is 54.1 Å². The van der Waals surface area contributed by atoms with E-state index in [1.165, 1.54) is 0 Å². The number of para-hydroxylation sites is 2. The highest BCUT2D eigenvalue weighted by Crippen LogP contribution is 2.26. The number of nitrogens with zero attached hydrogens (tertiary/aromatic N) is 1. The van der Waals surface area contributed by atoms with E-state index in [9.17, 15) is 14.4 Å². The van der Waals surface area contributed by atoms with E-state index in [1.54, 1.807) is 62.4 Å². The minimum Gasteiger partial charge on any atom is -0.463 e. The van der Waals surface area contributed by atoms with Crippen LogP contribution >= 0.6 is 11.6 Å². The Labute approximate surface area is 202 Å². The van der Waals surface area contributed by atoms with Crippen LogP contribution in [0, 0.1) is 0 Å². The van der Waals surface area contributed by atoms with Crippen LogP contribution in [0.4, 0.5) is 0 Å². The number of fused-ring (bicyclic) bond motifs is 2. The van der Waals surface area contributed by atoms with Gasteiger partial charge in [0.1, 0.15) is 6.54 Å². The number of carbonyl (C=O) groups excluding carboxylic acids is 2. The Morgan fingerprint density at radius 1 is 0.912 bits per heavy atom. The van der Waals surface area contributed by atoms with Gasteiger partial charge in [-0.2, -0.15) is 0 Å². The summed E-state index contributed by atoms with van der Waals surface area (Å²) >= 11 is 6.38. The molecule has 4 aromatic rings. The standard InChI is InChI=1S/C27H25ClN2O4/c1-17(2)34-26(32)15-22(18-9-3-6-12-21(18)28)29-25(31)16-30-23-13-7-4-10-19(23)27(33)20-11-5-8-14-24(20)30/h3-14,17,22H,15-16H2,1-2H3,(H,29,31). The maximum Gasteiger partial charge on any atom is 0.308 e. The third-order valence-corrected chi connectivity index (χ3v) is 5.88. The van der Waals surface area contributed by atoms with Crippen molar-refractivity contribution in [2.24, 2.45) is 0 Å². The van der Waals surface area contributed by atoms with Crippen LogP contribution in [0.3, 0.4) is 0 Å². The van der Waals surface area contributed by atoms with Gasteiger partial charge in [-0.05, 0) is 49.7 Å². The van der Waals surface area contributed by atoms with Gasteiger partial charge in [0.15, 0.2) is 5.43 Å². The molecule has 1 unspecified atom stereocenters.